The molecule has 18 heavy (non-hydrogen) atoms. The average molecular weight is 249 g/mol. The van der Waals surface area contributed by atoms with Crippen LogP contribution in [0.3, 0.4) is 0 Å². The molecule has 0 amide bonds. The molecule has 2 unspecified atom stereocenters. The fourth-order valence-corrected chi connectivity index (χ4v) is 2.51. The van der Waals surface area contributed by atoms with Gasteiger partial charge in [-0.3, -0.25) is 4.98 Å². The van der Waals surface area contributed by atoms with Gasteiger partial charge < -0.3 is 15.0 Å². The van der Waals surface area contributed by atoms with Gasteiger partial charge in [-0.25, -0.2) is 0 Å². The van der Waals surface area contributed by atoms with Gasteiger partial charge in [0.25, 0.3) is 0 Å². The topological polar surface area (TPSA) is 37.4 Å². The number of ether oxygens (including phenoxy) is 1. The zero-order valence-electron chi connectivity index (χ0n) is 11.5. The van der Waals surface area contributed by atoms with E-state index in [-0.39, 0.29) is 0 Å². The van der Waals surface area contributed by atoms with Gasteiger partial charge in [0.2, 0.25) is 0 Å². The lowest BCUT2D eigenvalue weighted by atomic mass is 9.96. The molecule has 2 rings (SSSR count). The number of hydrogen-bond acceptors (Lipinski definition) is 4. The highest BCUT2D eigenvalue weighted by atomic mass is 16.5. The summed E-state index contributed by atoms with van der Waals surface area (Å²) in [5.41, 5.74) is 2.30. The second-order valence-electron chi connectivity index (χ2n) is 5.07. The van der Waals surface area contributed by atoms with E-state index in [0.717, 1.165) is 31.7 Å². The van der Waals surface area contributed by atoms with E-state index in [1.807, 2.05) is 18.5 Å². The van der Waals surface area contributed by atoms with Crippen molar-refractivity contribution in [3.8, 4) is 0 Å². The smallest absolute Gasteiger partial charge is 0.0766 e. The summed E-state index contributed by atoms with van der Waals surface area (Å²) in [4.78, 5) is 6.33. The van der Waals surface area contributed by atoms with Crippen LogP contribution in [0, 0.1) is 5.92 Å². The molecule has 1 N–H and O–H groups in total. The van der Waals surface area contributed by atoms with Crippen molar-refractivity contribution in [1.82, 2.24) is 4.98 Å². The lowest BCUT2D eigenvalue weighted by molar-refractivity contribution is 0.182. The maximum atomic E-state index is 5.49. The van der Waals surface area contributed by atoms with Crippen LogP contribution in [0.1, 0.15) is 19.8 Å². The Morgan fingerprint density at radius 2 is 2.39 bits per heavy atom. The number of pyridine rings is 1. The average Bonchev–Trinajstić information content (AvgIpc) is 2.90. The molecule has 2 atom stereocenters. The molecule has 4 nitrogen and oxygen atoms in total. The Morgan fingerprint density at radius 1 is 1.56 bits per heavy atom. The molecule has 0 radical (unpaired) electrons. The predicted octanol–water partition coefficient (Wildman–Crippen LogP) is 2.37. The van der Waals surface area contributed by atoms with Gasteiger partial charge in [-0.05, 0) is 18.9 Å². The highest BCUT2D eigenvalue weighted by Crippen LogP contribution is 2.27. The zero-order chi connectivity index (χ0) is 13.0. The van der Waals surface area contributed by atoms with Crippen LogP contribution in [0.25, 0.3) is 0 Å². The van der Waals surface area contributed by atoms with Crippen LogP contribution in [-0.4, -0.2) is 38.3 Å². The van der Waals surface area contributed by atoms with Gasteiger partial charge in [0.05, 0.1) is 24.2 Å². The van der Waals surface area contributed by atoms with E-state index in [4.69, 9.17) is 4.74 Å². The van der Waals surface area contributed by atoms with Crippen LogP contribution in [-0.2, 0) is 4.74 Å². The quantitative estimate of drug-likeness (QED) is 0.869. The number of nitrogens with zero attached hydrogens (tertiary/aromatic N) is 2. The third-order valence-electron chi connectivity index (χ3n) is 3.59. The Bertz CT molecular complexity index is 375. The van der Waals surface area contributed by atoms with E-state index in [1.54, 1.807) is 0 Å². The number of nitrogens with one attached hydrogen (secondary N) is 1. The van der Waals surface area contributed by atoms with Gasteiger partial charge in [0.15, 0.2) is 0 Å². The second kappa shape index (κ2) is 6.05. The van der Waals surface area contributed by atoms with E-state index in [9.17, 15) is 0 Å². The molecule has 1 aromatic rings. The summed E-state index contributed by atoms with van der Waals surface area (Å²) in [6, 6.07) is 2.51. The first-order valence-electron chi connectivity index (χ1n) is 6.68. The molecule has 1 aliphatic heterocycles. The molecule has 0 aliphatic carbocycles. The Kier molecular flexibility index (Phi) is 4.42. The van der Waals surface area contributed by atoms with Crippen molar-refractivity contribution in [2.24, 2.45) is 5.92 Å². The largest absolute Gasteiger partial charge is 0.381 e. The fourth-order valence-electron chi connectivity index (χ4n) is 2.51. The summed E-state index contributed by atoms with van der Waals surface area (Å²) in [6.07, 6.45) is 6.01. The van der Waals surface area contributed by atoms with Crippen molar-refractivity contribution in [3.05, 3.63) is 18.5 Å². The van der Waals surface area contributed by atoms with E-state index in [0.29, 0.717) is 12.0 Å². The Morgan fingerprint density at radius 3 is 3.00 bits per heavy atom. The van der Waals surface area contributed by atoms with Gasteiger partial charge in [0.1, 0.15) is 0 Å². The van der Waals surface area contributed by atoms with E-state index >= 15 is 0 Å². The highest BCUT2D eigenvalue weighted by molar-refractivity contribution is 5.68. The number of hydrogen-bond donors (Lipinski definition) is 1. The predicted molar refractivity (Wildman–Crippen MR) is 75.2 cm³/mol. The zero-order valence-corrected chi connectivity index (χ0v) is 11.5. The van der Waals surface area contributed by atoms with E-state index < -0.39 is 0 Å². The summed E-state index contributed by atoms with van der Waals surface area (Å²) in [7, 11) is 4.11. The normalized spacial score (nSPS) is 20.7. The van der Waals surface area contributed by atoms with Crippen LogP contribution in [0.5, 0.6) is 0 Å². The Hall–Kier alpha value is -1.29. The van der Waals surface area contributed by atoms with Crippen molar-refractivity contribution < 1.29 is 4.74 Å². The van der Waals surface area contributed by atoms with Gasteiger partial charge in [0, 0.05) is 38.9 Å². The standard InChI is InChI=1S/C14H23N3O/c1-4-12(11-6-8-18-10-11)16-13-9-15-7-5-14(13)17(2)3/h5,7,9,11-12,16H,4,6,8,10H2,1-3H3. The third kappa shape index (κ3) is 2.93. The Labute approximate surface area is 109 Å². The molecular weight excluding hydrogens is 226 g/mol. The lowest BCUT2D eigenvalue weighted by Gasteiger charge is -2.26. The first kappa shape index (κ1) is 13.1. The molecule has 1 saturated heterocycles. The minimum Gasteiger partial charge on any atom is -0.381 e. The SMILES string of the molecule is CCC(Nc1cnccc1N(C)C)C1CCOC1. The van der Waals surface area contributed by atoms with E-state index in [2.05, 4.69) is 36.2 Å². The highest BCUT2D eigenvalue weighted by Gasteiger charge is 2.25. The monoisotopic (exact) mass is 249 g/mol. The first-order chi connectivity index (χ1) is 8.72. The van der Waals surface area contributed by atoms with E-state index in [1.165, 1.54) is 5.69 Å². The minimum absolute atomic E-state index is 0.468. The number of anilines is 2. The second-order valence-corrected chi connectivity index (χ2v) is 5.07. The van der Waals surface area contributed by atoms with Crippen molar-refractivity contribution in [3.63, 3.8) is 0 Å². The summed E-state index contributed by atoms with van der Waals surface area (Å²) >= 11 is 0. The van der Waals surface area contributed by atoms with Crippen LogP contribution in [0.15, 0.2) is 18.5 Å². The molecule has 1 aliphatic rings. The van der Waals surface area contributed by atoms with Gasteiger partial charge in [-0.15, -0.1) is 0 Å². The molecule has 0 bridgehead atoms. The van der Waals surface area contributed by atoms with Crippen molar-refractivity contribution in [2.75, 3.05) is 37.5 Å². The molecule has 2 heterocycles. The summed E-state index contributed by atoms with van der Waals surface area (Å²) in [5, 5.41) is 3.64. The van der Waals surface area contributed by atoms with Crippen LogP contribution < -0.4 is 10.2 Å². The minimum atomic E-state index is 0.468. The maximum Gasteiger partial charge on any atom is 0.0766 e. The molecular formula is C14H23N3O. The molecule has 1 aromatic heterocycles. The molecule has 1 fully saturated rings. The first-order valence-corrected chi connectivity index (χ1v) is 6.68. The summed E-state index contributed by atoms with van der Waals surface area (Å²) in [5.74, 6) is 0.616. The number of rotatable bonds is 5. The molecule has 0 aromatic carbocycles. The molecule has 0 saturated carbocycles. The lowest BCUT2D eigenvalue weighted by Crippen LogP contribution is -2.29. The fraction of sp³-hybridized carbons (Fsp3) is 0.643. The van der Waals surface area contributed by atoms with Gasteiger partial charge in [-0.2, -0.15) is 0 Å². The van der Waals surface area contributed by atoms with Crippen molar-refractivity contribution >= 4 is 11.4 Å². The maximum absolute atomic E-state index is 5.49. The summed E-state index contributed by atoms with van der Waals surface area (Å²) in [6.45, 7) is 4.00. The van der Waals surface area contributed by atoms with Crippen LogP contribution in [0.4, 0.5) is 11.4 Å². The third-order valence-corrected chi connectivity index (χ3v) is 3.59. The van der Waals surface area contributed by atoms with Gasteiger partial charge >= 0.3 is 0 Å². The summed E-state index contributed by atoms with van der Waals surface area (Å²) < 4.78 is 5.49. The molecule has 4 heteroatoms. The van der Waals surface area contributed by atoms with Gasteiger partial charge in [-0.1, -0.05) is 6.92 Å². The van der Waals surface area contributed by atoms with Crippen LogP contribution >= 0.6 is 0 Å². The van der Waals surface area contributed by atoms with Crippen molar-refractivity contribution in [1.29, 1.82) is 0 Å². The molecule has 0 spiro atoms. The Balaban J connectivity index is 2.11. The van der Waals surface area contributed by atoms with Crippen LogP contribution in [0.2, 0.25) is 0 Å². The van der Waals surface area contributed by atoms with Crippen molar-refractivity contribution in [2.45, 2.75) is 25.8 Å². The molecule has 100 valence electrons. The number of aromatic nitrogens is 1.